The van der Waals surface area contributed by atoms with E-state index in [2.05, 4.69) is 15.4 Å². The third-order valence-electron chi connectivity index (χ3n) is 2.70. The van der Waals surface area contributed by atoms with Crippen LogP contribution in [0.3, 0.4) is 0 Å². The number of ether oxygens (including phenoxy) is 1. The van der Waals surface area contributed by atoms with Crippen molar-refractivity contribution in [3.63, 3.8) is 0 Å². The summed E-state index contributed by atoms with van der Waals surface area (Å²) in [6.45, 7) is 2.63. The monoisotopic (exact) mass is 275 g/mol. The molecule has 20 heavy (non-hydrogen) atoms. The van der Waals surface area contributed by atoms with E-state index in [1.807, 2.05) is 12.1 Å². The van der Waals surface area contributed by atoms with Gasteiger partial charge < -0.3 is 15.8 Å². The van der Waals surface area contributed by atoms with Gasteiger partial charge >= 0.3 is 0 Å². The van der Waals surface area contributed by atoms with Crippen molar-refractivity contribution in [2.24, 2.45) is 5.73 Å². The molecule has 2 aromatic rings. The maximum Gasteiger partial charge on any atom is 0.249 e. The first-order chi connectivity index (χ1) is 9.70. The molecule has 106 valence electrons. The molecule has 0 aliphatic heterocycles. The molecule has 7 heteroatoms. The Balaban J connectivity index is 2.00. The number of nitrogens with one attached hydrogen (secondary N) is 1. The van der Waals surface area contributed by atoms with E-state index in [0.29, 0.717) is 24.6 Å². The Bertz CT molecular complexity index is 556. The van der Waals surface area contributed by atoms with Gasteiger partial charge in [-0.05, 0) is 19.1 Å². The van der Waals surface area contributed by atoms with Crippen molar-refractivity contribution in [1.29, 1.82) is 0 Å². The summed E-state index contributed by atoms with van der Waals surface area (Å²) in [6, 6.07) is 6.72. The van der Waals surface area contributed by atoms with Crippen LogP contribution in [0.25, 0.3) is 0 Å². The molecule has 0 radical (unpaired) electrons. The highest BCUT2D eigenvalue weighted by Gasteiger charge is 2.15. The molecule has 0 aliphatic carbocycles. The highest BCUT2D eigenvalue weighted by atomic mass is 16.5. The molecule has 0 saturated heterocycles. The molecule has 1 atom stereocenters. The fourth-order valence-corrected chi connectivity index (χ4v) is 1.62. The molecule has 0 aliphatic rings. The first-order valence-electron chi connectivity index (χ1n) is 6.28. The predicted molar refractivity (Wildman–Crippen MR) is 74.4 cm³/mol. The van der Waals surface area contributed by atoms with Crippen molar-refractivity contribution in [3.8, 4) is 5.75 Å². The van der Waals surface area contributed by atoms with E-state index in [0.717, 1.165) is 0 Å². The summed E-state index contributed by atoms with van der Waals surface area (Å²) in [5, 5.41) is 6.75. The van der Waals surface area contributed by atoms with Gasteiger partial charge in [-0.1, -0.05) is 6.07 Å². The average Bonchev–Trinajstić information content (AvgIpc) is 2.98. The predicted octanol–water partition coefficient (Wildman–Crippen LogP) is 0.815. The number of carbonyl (C=O) groups is 1. The van der Waals surface area contributed by atoms with Crippen LogP contribution in [-0.4, -0.2) is 33.8 Å². The second-order valence-corrected chi connectivity index (χ2v) is 4.21. The summed E-state index contributed by atoms with van der Waals surface area (Å²) >= 11 is 0. The molecule has 0 saturated carbocycles. The largest absolute Gasteiger partial charge is 0.492 e. The summed E-state index contributed by atoms with van der Waals surface area (Å²) < 4.78 is 6.90. The van der Waals surface area contributed by atoms with Gasteiger partial charge in [-0.3, -0.25) is 4.79 Å². The minimum atomic E-state index is -0.439. The van der Waals surface area contributed by atoms with E-state index in [4.69, 9.17) is 10.5 Å². The van der Waals surface area contributed by atoms with Gasteiger partial charge in [0.25, 0.3) is 0 Å². The molecule has 1 amide bonds. The minimum Gasteiger partial charge on any atom is -0.492 e. The maximum absolute atomic E-state index is 12.1. The summed E-state index contributed by atoms with van der Waals surface area (Å²) in [4.78, 5) is 15.9. The highest BCUT2D eigenvalue weighted by molar-refractivity contribution is 5.93. The van der Waals surface area contributed by atoms with Crippen molar-refractivity contribution in [2.45, 2.75) is 13.0 Å². The number of aromatic nitrogens is 3. The number of hydrogen-bond donors (Lipinski definition) is 2. The number of hydrogen-bond acceptors (Lipinski definition) is 5. The summed E-state index contributed by atoms with van der Waals surface area (Å²) in [5.41, 5.74) is 6.04. The Morgan fingerprint density at radius 2 is 2.40 bits per heavy atom. The molecule has 7 nitrogen and oxygen atoms in total. The smallest absolute Gasteiger partial charge is 0.249 e. The van der Waals surface area contributed by atoms with E-state index in [1.165, 1.54) is 17.3 Å². The van der Waals surface area contributed by atoms with Gasteiger partial charge in [-0.2, -0.15) is 5.10 Å². The molecular formula is C13H17N5O2. The van der Waals surface area contributed by atoms with Gasteiger partial charge in [0.05, 0.1) is 0 Å². The molecule has 2 rings (SSSR count). The van der Waals surface area contributed by atoms with E-state index >= 15 is 0 Å². The first kappa shape index (κ1) is 14.0. The van der Waals surface area contributed by atoms with E-state index < -0.39 is 6.04 Å². The lowest BCUT2D eigenvalue weighted by Gasteiger charge is -2.13. The molecule has 0 bridgehead atoms. The fourth-order valence-electron chi connectivity index (χ4n) is 1.62. The summed E-state index contributed by atoms with van der Waals surface area (Å²) in [6.07, 6.45) is 2.90. The van der Waals surface area contributed by atoms with E-state index in [9.17, 15) is 4.79 Å². The van der Waals surface area contributed by atoms with Gasteiger partial charge in [0.1, 0.15) is 31.1 Å². The minimum absolute atomic E-state index is 0.175. The van der Waals surface area contributed by atoms with Crippen LogP contribution < -0.4 is 15.8 Å². The lowest BCUT2D eigenvalue weighted by molar-refractivity contribution is -0.119. The van der Waals surface area contributed by atoms with Crippen LogP contribution in [-0.2, 0) is 4.79 Å². The van der Waals surface area contributed by atoms with E-state index in [1.54, 1.807) is 19.1 Å². The third kappa shape index (κ3) is 3.55. The van der Waals surface area contributed by atoms with Crippen molar-refractivity contribution in [1.82, 2.24) is 14.8 Å². The zero-order valence-electron chi connectivity index (χ0n) is 11.2. The van der Waals surface area contributed by atoms with Gasteiger partial charge in [0.15, 0.2) is 0 Å². The SMILES string of the molecule is CC(C(=O)Nc1cccc(OCCN)c1)n1cncn1. The number of nitrogens with zero attached hydrogens (tertiary/aromatic N) is 3. The summed E-state index contributed by atoms with van der Waals surface area (Å²) in [7, 11) is 0. The van der Waals surface area contributed by atoms with Crippen LogP contribution in [0.15, 0.2) is 36.9 Å². The van der Waals surface area contributed by atoms with Crippen LogP contribution in [0.4, 0.5) is 5.69 Å². The second-order valence-electron chi connectivity index (χ2n) is 4.21. The van der Waals surface area contributed by atoms with Gasteiger partial charge in [-0.15, -0.1) is 0 Å². The maximum atomic E-state index is 12.1. The van der Waals surface area contributed by atoms with Crippen LogP contribution in [0.2, 0.25) is 0 Å². The highest BCUT2D eigenvalue weighted by Crippen LogP contribution is 2.18. The Labute approximate surface area is 116 Å². The van der Waals surface area contributed by atoms with Crippen molar-refractivity contribution >= 4 is 11.6 Å². The van der Waals surface area contributed by atoms with Crippen molar-refractivity contribution in [2.75, 3.05) is 18.5 Å². The standard InChI is InChI=1S/C13H17N5O2/c1-10(18-9-15-8-16-18)13(19)17-11-3-2-4-12(7-11)20-6-5-14/h2-4,7-10H,5-6,14H2,1H3,(H,17,19). The second kappa shape index (κ2) is 6.67. The normalized spacial score (nSPS) is 11.9. The molecular weight excluding hydrogens is 258 g/mol. The van der Waals surface area contributed by atoms with Crippen molar-refractivity contribution in [3.05, 3.63) is 36.9 Å². The number of benzene rings is 1. The van der Waals surface area contributed by atoms with Crippen LogP contribution in [0.5, 0.6) is 5.75 Å². The quantitative estimate of drug-likeness (QED) is 0.813. The number of rotatable bonds is 6. The number of amides is 1. The zero-order chi connectivity index (χ0) is 14.4. The number of nitrogens with two attached hydrogens (primary N) is 1. The van der Waals surface area contributed by atoms with Gasteiger partial charge in [0, 0.05) is 18.3 Å². The van der Waals surface area contributed by atoms with Crippen LogP contribution in [0.1, 0.15) is 13.0 Å². The average molecular weight is 275 g/mol. The molecule has 1 aromatic heterocycles. The van der Waals surface area contributed by atoms with Gasteiger partial charge in [0.2, 0.25) is 5.91 Å². The molecule has 1 heterocycles. The Morgan fingerprint density at radius 3 is 3.10 bits per heavy atom. The topological polar surface area (TPSA) is 95.1 Å². The zero-order valence-corrected chi connectivity index (χ0v) is 11.2. The lowest BCUT2D eigenvalue weighted by atomic mass is 10.2. The molecule has 0 spiro atoms. The fraction of sp³-hybridized carbons (Fsp3) is 0.308. The Kier molecular flexibility index (Phi) is 4.67. The van der Waals surface area contributed by atoms with Crippen LogP contribution in [0, 0.1) is 0 Å². The first-order valence-corrected chi connectivity index (χ1v) is 6.28. The van der Waals surface area contributed by atoms with E-state index in [-0.39, 0.29) is 5.91 Å². The lowest BCUT2D eigenvalue weighted by Crippen LogP contribution is -2.24. The third-order valence-corrected chi connectivity index (χ3v) is 2.70. The number of anilines is 1. The molecule has 3 N–H and O–H groups in total. The number of carbonyl (C=O) groups excluding carboxylic acids is 1. The molecule has 0 fully saturated rings. The van der Waals surface area contributed by atoms with Crippen LogP contribution >= 0.6 is 0 Å². The Morgan fingerprint density at radius 1 is 1.55 bits per heavy atom. The Hall–Kier alpha value is -2.41. The molecule has 1 unspecified atom stereocenters. The van der Waals surface area contributed by atoms with Gasteiger partial charge in [-0.25, -0.2) is 9.67 Å². The molecule has 1 aromatic carbocycles. The van der Waals surface area contributed by atoms with Crippen molar-refractivity contribution < 1.29 is 9.53 Å². The summed E-state index contributed by atoms with van der Waals surface area (Å²) in [5.74, 6) is 0.494.